The highest BCUT2D eigenvalue weighted by Gasteiger charge is 2.31. The zero-order valence-electron chi connectivity index (χ0n) is 15.7. The van der Waals surface area contributed by atoms with Crippen molar-refractivity contribution < 1.29 is 14.0 Å². The lowest BCUT2D eigenvalue weighted by Crippen LogP contribution is -2.42. The number of benzene rings is 1. The molecule has 1 aliphatic rings. The van der Waals surface area contributed by atoms with Crippen LogP contribution in [0.2, 0.25) is 0 Å². The summed E-state index contributed by atoms with van der Waals surface area (Å²) in [5.74, 6) is 0.534. The molecule has 0 N–H and O–H groups in total. The normalized spacial score (nSPS) is 15.6. The summed E-state index contributed by atoms with van der Waals surface area (Å²) in [6.45, 7) is 7.18. The minimum absolute atomic E-state index is 0.0142. The minimum Gasteiger partial charge on any atom is -0.450 e. The predicted octanol–water partition coefficient (Wildman–Crippen LogP) is 3.30. The largest absolute Gasteiger partial charge is 0.450 e. The molecule has 2 heterocycles. The van der Waals surface area contributed by atoms with E-state index < -0.39 is 0 Å². The van der Waals surface area contributed by atoms with Crippen molar-refractivity contribution in [3.05, 3.63) is 34.6 Å². The summed E-state index contributed by atoms with van der Waals surface area (Å²) in [6.07, 6.45) is 1.42. The van der Waals surface area contributed by atoms with Crippen molar-refractivity contribution in [3.63, 3.8) is 0 Å². The van der Waals surface area contributed by atoms with Crippen LogP contribution < -0.4 is 0 Å². The molecule has 134 valence electrons. The smallest absolute Gasteiger partial charge is 0.289 e. The van der Waals surface area contributed by atoms with Crippen molar-refractivity contribution in [1.82, 2.24) is 9.80 Å². The molecule has 3 rings (SSSR count). The van der Waals surface area contributed by atoms with Gasteiger partial charge in [0.05, 0.1) is 0 Å². The lowest BCUT2D eigenvalue weighted by atomic mass is 9.95. The lowest BCUT2D eigenvalue weighted by Gasteiger charge is -2.32. The third-order valence-corrected chi connectivity index (χ3v) is 5.25. The van der Waals surface area contributed by atoms with Crippen LogP contribution in [0.1, 0.15) is 40.1 Å². The van der Waals surface area contributed by atoms with Gasteiger partial charge in [-0.1, -0.05) is 12.1 Å². The van der Waals surface area contributed by atoms with Gasteiger partial charge in [-0.15, -0.1) is 0 Å². The molecular weight excluding hydrogens is 316 g/mol. The fourth-order valence-corrected chi connectivity index (χ4v) is 3.72. The van der Waals surface area contributed by atoms with Gasteiger partial charge in [-0.3, -0.25) is 9.59 Å². The number of aryl methyl sites for hydroxylation is 3. The number of carbonyl (C=O) groups excluding carboxylic acids is 2. The first kappa shape index (κ1) is 17.5. The molecular formula is C20H26N2O3. The van der Waals surface area contributed by atoms with Gasteiger partial charge >= 0.3 is 0 Å². The Morgan fingerprint density at radius 1 is 1.08 bits per heavy atom. The van der Waals surface area contributed by atoms with E-state index in [1.54, 1.807) is 19.0 Å². The van der Waals surface area contributed by atoms with Crippen LogP contribution in [0.25, 0.3) is 11.0 Å². The summed E-state index contributed by atoms with van der Waals surface area (Å²) in [4.78, 5) is 28.5. The first-order valence-corrected chi connectivity index (χ1v) is 8.81. The van der Waals surface area contributed by atoms with Gasteiger partial charge in [0.1, 0.15) is 5.58 Å². The molecule has 0 radical (unpaired) electrons. The molecule has 2 amide bonds. The molecule has 5 nitrogen and oxygen atoms in total. The van der Waals surface area contributed by atoms with Crippen LogP contribution in [-0.2, 0) is 4.79 Å². The SMILES string of the molecule is Cc1ccc(C)c2c(C)c(C(=O)N3CCC(C(=O)N(C)C)CC3)oc12. The molecule has 1 aliphatic heterocycles. The first-order chi connectivity index (χ1) is 11.8. The maximum absolute atomic E-state index is 13.0. The van der Waals surface area contributed by atoms with Crippen LogP contribution in [0.5, 0.6) is 0 Å². The third-order valence-electron chi connectivity index (χ3n) is 5.25. The van der Waals surface area contributed by atoms with Crippen LogP contribution in [0, 0.1) is 26.7 Å². The summed E-state index contributed by atoms with van der Waals surface area (Å²) < 4.78 is 5.97. The standard InChI is InChI=1S/C20H26N2O3/c1-12-6-7-13(2)17-16(12)14(3)18(25-17)20(24)22-10-8-15(9-11-22)19(23)21(4)5/h6-7,15H,8-11H2,1-5H3. The molecule has 1 saturated heterocycles. The Morgan fingerprint density at radius 3 is 2.24 bits per heavy atom. The van der Waals surface area contributed by atoms with E-state index in [1.165, 1.54) is 0 Å². The predicted molar refractivity (Wildman–Crippen MR) is 97.7 cm³/mol. The Hall–Kier alpha value is -2.30. The Morgan fingerprint density at radius 2 is 1.68 bits per heavy atom. The summed E-state index contributed by atoms with van der Waals surface area (Å²) in [5.41, 5.74) is 3.88. The summed E-state index contributed by atoms with van der Waals surface area (Å²) in [6, 6.07) is 4.08. The van der Waals surface area contributed by atoms with Gasteiger partial charge in [0.15, 0.2) is 5.76 Å². The van der Waals surface area contributed by atoms with Gasteiger partial charge in [0.25, 0.3) is 5.91 Å². The molecule has 0 bridgehead atoms. The molecule has 5 heteroatoms. The van der Waals surface area contributed by atoms with E-state index in [0.717, 1.165) is 27.7 Å². The molecule has 25 heavy (non-hydrogen) atoms. The summed E-state index contributed by atoms with van der Waals surface area (Å²) in [5, 5.41) is 1.04. The van der Waals surface area contributed by atoms with Crippen molar-refractivity contribution in [2.75, 3.05) is 27.2 Å². The van der Waals surface area contributed by atoms with Crippen LogP contribution in [0.4, 0.5) is 0 Å². The Kier molecular flexibility index (Phi) is 4.58. The summed E-state index contributed by atoms with van der Waals surface area (Å²) >= 11 is 0. The second kappa shape index (κ2) is 6.54. The first-order valence-electron chi connectivity index (χ1n) is 8.81. The second-order valence-corrected chi connectivity index (χ2v) is 7.26. The highest BCUT2D eigenvalue weighted by molar-refractivity contribution is 6.00. The number of amides is 2. The topological polar surface area (TPSA) is 53.8 Å². The van der Waals surface area contributed by atoms with E-state index in [9.17, 15) is 9.59 Å². The number of rotatable bonds is 2. The van der Waals surface area contributed by atoms with Gasteiger partial charge in [-0.05, 0) is 44.7 Å². The zero-order valence-corrected chi connectivity index (χ0v) is 15.7. The van der Waals surface area contributed by atoms with Crippen LogP contribution >= 0.6 is 0 Å². The van der Waals surface area contributed by atoms with Crippen molar-refractivity contribution in [1.29, 1.82) is 0 Å². The second-order valence-electron chi connectivity index (χ2n) is 7.26. The van der Waals surface area contributed by atoms with Crippen molar-refractivity contribution in [2.45, 2.75) is 33.6 Å². The molecule has 0 atom stereocenters. The van der Waals surface area contributed by atoms with Gasteiger partial charge in [-0.2, -0.15) is 0 Å². The van der Waals surface area contributed by atoms with E-state index >= 15 is 0 Å². The molecule has 1 aromatic heterocycles. The number of carbonyl (C=O) groups is 2. The van der Waals surface area contributed by atoms with Gasteiger partial charge in [0, 0.05) is 44.1 Å². The van der Waals surface area contributed by atoms with Crippen molar-refractivity contribution in [2.24, 2.45) is 5.92 Å². The van der Waals surface area contributed by atoms with Gasteiger partial charge in [0.2, 0.25) is 5.91 Å². The summed E-state index contributed by atoms with van der Waals surface area (Å²) in [7, 11) is 3.56. The van der Waals surface area contributed by atoms with Crippen LogP contribution in [-0.4, -0.2) is 48.8 Å². The molecule has 0 spiro atoms. The molecule has 0 unspecified atom stereocenters. The Labute approximate surface area is 148 Å². The van der Waals surface area contributed by atoms with Crippen LogP contribution in [0.15, 0.2) is 16.5 Å². The van der Waals surface area contributed by atoms with E-state index in [0.29, 0.717) is 31.7 Å². The average molecular weight is 342 g/mol. The third kappa shape index (κ3) is 3.03. The molecule has 1 fully saturated rings. The number of fused-ring (bicyclic) bond motifs is 1. The fourth-order valence-electron chi connectivity index (χ4n) is 3.72. The average Bonchev–Trinajstić information content (AvgIpc) is 2.95. The van der Waals surface area contributed by atoms with Crippen LogP contribution in [0.3, 0.4) is 0 Å². The lowest BCUT2D eigenvalue weighted by molar-refractivity contribution is -0.134. The number of nitrogens with zero attached hydrogens (tertiary/aromatic N) is 2. The minimum atomic E-state index is -0.0664. The fraction of sp³-hybridized carbons (Fsp3) is 0.500. The Bertz CT molecular complexity index is 827. The molecule has 0 saturated carbocycles. The monoisotopic (exact) mass is 342 g/mol. The van der Waals surface area contributed by atoms with E-state index in [2.05, 4.69) is 6.07 Å². The van der Waals surface area contributed by atoms with Gasteiger partial charge in [-0.25, -0.2) is 0 Å². The molecule has 2 aromatic rings. The van der Waals surface area contributed by atoms with E-state index in [1.807, 2.05) is 31.7 Å². The zero-order chi connectivity index (χ0) is 18.3. The number of hydrogen-bond acceptors (Lipinski definition) is 3. The maximum Gasteiger partial charge on any atom is 0.289 e. The number of likely N-dealkylation sites (tertiary alicyclic amines) is 1. The van der Waals surface area contributed by atoms with Gasteiger partial charge < -0.3 is 14.2 Å². The quantitative estimate of drug-likeness (QED) is 0.841. The van der Waals surface area contributed by atoms with E-state index in [4.69, 9.17) is 4.42 Å². The number of furan rings is 1. The maximum atomic E-state index is 13.0. The molecule has 1 aromatic carbocycles. The van der Waals surface area contributed by atoms with Crippen molar-refractivity contribution >= 4 is 22.8 Å². The van der Waals surface area contributed by atoms with Crippen molar-refractivity contribution in [3.8, 4) is 0 Å². The highest BCUT2D eigenvalue weighted by Crippen LogP contribution is 2.32. The highest BCUT2D eigenvalue weighted by atomic mass is 16.3. The Balaban J connectivity index is 1.82. The molecule has 0 aliphatic carbocycles. The number of piperidine rings is 1. The van der Waals surface area contributed by atoms with E-state index in [-0.39, 0.29) is 17.7 Å². The number of hydrogen-bond donors (Lipinski definition) is 0.